The van der Waals surface area contributed by atoms with Crippen LogP contribution in [0.3, 0.4) is 0 Å². The van der Waals surface area contributed by atoms with Crippen LogP contribution in [0.2, 0.25) is 0 Å². The Hall–Kier alpha value is -10.6. The molecule has 0 saturated heterocycles. The molecular weight excluding hydrogens is 965 g/mol. The van der Waals surface area contributed by atoms with Crippen molar-refractivity contribution in [2.45, 2.75) is 26.2 Å². The number of nitriles is 2. The van der Waals surface area contributed by atoms with Crippen molar-refractivity contribution in [3.63, 3.8) is 0 Å². The van der Waals surface area contributed by atoms with E-state index in [-0.39, 0.29) is 5.41 Å². The Morgan fingerprint density at radius 3 is 1.22 bits per heavy atom. The Morgan fingerprint density at radius 1 is 0.342 bits per heavy atom. The molecule has 16 aromatic rings. The van der Waals surface area contributed by atoms with Gasteiger partial charge in [0.1, 0.15) is 34.4 Å². The fourth-order valence-electron chi connectivity index (χ4n) is 13.4. The van der Waals surface area contributed by atoms with Crippen molar-refractivity contribution in [2.75, 3.05) is 0 Å². The summed E-state index contributed by atoms with van der Waals surface area (Å²) in [6.45, 7) is 6.81. The molecule has 5 heterocycles. The second-order valence-electron chi connectivity index (χ2n) is 21.8. The number of furan rings is 1. The lowest BCUT2D eigenvalue weighted by molar-refractivity contribution is 0.592. The summed E-state index contributed by atoms with van der Waals surface area (Å²) in [6.07, 6.45) is 0. The molecule has 7 heteroatoms. The van der Waals surface area contributed by atoms with E-state index in [4.69, 9.17) is 4.42 Å². The summed E-state index contributed by atoms with van der Waals surface area (Å²) in [7, 11) is 0. The minimum Gasteiger partial charge on any atom is -0.456 e. The third kappa shape index (κ3) is 6.10. The van der Waals surface area contributed by atoms with E-state index in [1.807, 2.05) is 24.3 Å². The molecule has 370 valence electrons. The standard InChI is InChI=1S/C72H46N6O/c1-72(2,3)56-28-12-4-20-44(56)43-36-38-63-53(40-43)51-37-39-65-66(52-27-11-19-35-64(52)79-65)68(51)78(63)71-69(76-59-31-15-7-23-47(59)48-24-8-16-32-60(48)76)54(41-73)67(75-57-29-13-5-21-45(57)46-22-6-14-30-58(46)75)55(42-74)70(71)77-61-33-17-9-25-49(61)50-26-10-18-34-62(50)77/h4-40H,1-3H3. The Balaban J connectivity index is 1.23. The molecule has 11 aromatic carbocycles. The Morgan fingerprint density at radius 2 is 0.747 bits per heavy atom. The van der Waals surface area contributed by atoms with E-state index in [9.17, 15) is 10.5 Å². The largest absolute Gasteiger partial charge is 0.456 e. The zero-order chi connectivity index (χ0) is 52.8. The van der Waals surface area contributed by atoms with E-state index in [0.717, 1.165) is 115 Å². The molecule has 0 atom stereocenters. The second-order valence-corrected chi connectivity index (χ2v) is 21.8. The van der Waals surface area contributed by atoms with Gasteiger partial charge >= 0.3 is 0 Å². The Kier molecular flexibility index (Phi) is 9.30. The van der Waals surface area contributed by atoms with Crippen molar-refractivity contribution in [1.29, 1.82) is 10.5 Å². The van der Waals surface area contributed by atoms with Gasteiger partial charge in [-0.05, 0) is 88.8 Å². The lowest BCUT2D eigenvalue weighted by atomic mass is 9.82. The molecule has 0 unspecified atom stereocenters. The topological polar surface area (TPSA) is 80.4 Å². The molecule has 0 aliphatic rings. The molecule has 0 aliphatic carbocycles. The van der Waals surface area contributed by atoms with Crippen LogP contribution in [0.15, 0.2) is 229 Å². The predicted octanol–water partition coefficient (Wildman–Crippen LogP) is 18.7. The summed E-state index contributed by atoms with van der Waals surface area (Å²) in [6, 6.07) is 84.6. The average molecular weight is 1010 g/mol. The van der Waals surface area contributed by atoms with E-state index < -0.39 is 0 Å². The van der Waals surface area contributed by atoms with E-state index in [1.54, 1.807) is 0 Å². The third-order valence-corrected chi connectivity index (χ3v) is 16.6. The van der Waals surface area contributed by atoms with E-state index in [1.165, 1.54) is 11.1 Å². The Bertz CT molecular complexity index is 5090. The minimum atomic E-state index is -0.130. The molecule has 0 fully saturated rings. The van der Waals surface area contributed by atoms with Gasteiger partial charge in [-0.2, -0.15) is 10.5 Å². The van der Waals surface area contributed by atoms with Gasteiger partial charge in [-0.25, -0.2) is 0 Å². The lowest BCUT2D eigenvalue weighted by Gasteiger charge is -2.27. The molecule has 0 bridgehead atoms. The Labute approximate surface area is 453 Å². The molecule has 16 rings (SSSR count). The molecule has 0 amide bonds. The highest BCUT2D eigenvalue weighted by Gasteiger charge is 2.35. The van der Waals surface area contributed by atoms with Crippen molar-refractivity contribution in [2.24, 2.45) is 0 Å². The molecule has 0 saturated carbocycles. The van der Waals surface area contributed by atoms with Crippen molar-refractivity contribution >= 4 is 109 Å². The number of hydrogen-bond acceptors (Lipinski definition) is 3. The SMILES string of the molecule is CC(C)(C)c1ccccc1-c1ccc2c(c1)c1ccc3oc4ccccc4c3c1n2-c1c(-n2c3ccccc3c3ccccc32)c(C#N)c(-n2c3ccccc3c3ccccc32)c(C#N)c1-n1c2ccccc2c2ccccc21. The van der Waals surface area contributed by atoms with Crippen LogP contribution in [0.4, 0.5) is 0 Å². The van der Waals surface area contributed by atoms with Crippen LogP contribution >= 0.6 is 0 Å². The van der Waals surface area contributed by atoms with Gasteiger partial charge in [-0.1, -0.05) is 178 Å². The van der Waals surface area contributed by atoms with E-state index in [2.05, 4.69) is 251 Å². The van der Waals surface area contributed by atoms with Crippen LogP contribution in [-0.2, 0) is 5.41 Å². The van der Waals surface area contributed by atoms with Gasteiger partial charge in [0.25, 0.3) is 0 Å². The van der Waals surface area contributed by atoms with Gasteiger partial charge < -0.3 is 22.7 Å². The molecule has 0 radical (unpaired) electrons. The lowest BCUT2D eigenvalue weighted by Crippen LogP contribution is -2.17. The number of benzene rings is 11. The van der Waals surface area contributed by atoms with Crippen LogP contribution in [0.5, 0.6) is 0 Å². The number of aromatic nitrogens is 4. The average Bonchev–Trinajstić information content (AvgIpc) is 3.32. The first-order chi connectivity index (χ1) is 38.8. The highest BCUT2D eigenvalue weighted by molar-refractivity contribution is 6.26. The first kappa shape index (κ1) is 44.7. The zero-order valence-corrected chi connectivity index (χ0v) is 43.5. The maximum absolute atomic E-state index is 12.6. The number of nitrogens with zero attached hydrogens (tertiary/aromatic N) is 6. The maximum atomic E-state index is 12.6. The minimum absolute atomic E-state index is 0.130. The summed E-state index contributed by atoms with van der Waals surface area (Å²) >= 11 is 0. The number of rotatable bonds is 5. The summed E-state index contributed by atoms with van der Waals surface area (Å²) < 4.78 is 16.0. The van der Waals surface area contributed by atoms with Crippen LogP contribution in [0.25, 0.3) is 143 Å². The van der Waals surface area contributed by atoms with Gasteiger partial charge in [0, 0.05) is 48.5 Å². The fourth-order valence-corrected chi connectivity index (χ4v) is 13.4. The van der Waals surface area contributed by atoms with Crippen molar-refractivity contribution in [3.05, 3.63) is 241 Å². The summed E-state index contributed by atoms with van der Waals surface area (Å²) in [4.78, 5) is 0. The molecule has 7 nitrogen and oxygen atoms in total. The smallest absolute Gasteiger partial charge is 0.137 e. The summed E-state index contributed by atoms with van der Waals surface area (Å²) in [5.41, 5.74) is 15.3. The third-order valence-electron chi connectivity index (χ3n) is 16.6. The zero-order valence-electron chi connectivity index (χ0n) is 43.5. The van der Waals surface area contributed by atoms with Crippen LogP contribution in [-0.4, -0.2) is 18.3 Å². The van der Waals surface area contributed by atoms with Gasteiger partial charge in [0.2, 0.25) is 0 Å². The summed E-state index contributed by atoms with van der Waals surface area (Å²) in [5, 5.41) is 35.4. The molecule has 0 aliphatic heterocycles. The first-order valence-corrected chi connectivity index (χ1v) is 26.8. The number of para-hydroxylation sites is 7. The maximum Gasteiger partial charge on any atom is 0.137 e. The molecule has 5 aromatic heterocycles. The van der Waals surface area contributed by atoms with Crippen molar-refractivity contribution < 1.29 is 4.42 Å². The van der Waals surface area contributed by atoms with E-state index in [0.29, 0.717) is 33.9 Å². The second kappa shape index (κ2) is 16.5. The number of hydrogen-bond donors (Lipinski definition) is 0. The molecular formula is C72H46N6O. The quantitative estimate of drug-likeness (QED) is 0.172. The van der Waals surface area contributed by atoms with E-state index >= 15 is 0 Å². The molecule has 79 heavy (non-hydrogen) atoms. The highest BCUT2D eigenvalue weighted by atomic mass is 16.3. The summed E-state index contributed by atoms with van der Waals surface area (Å²) in [5.74, 6) is 0. The van der Waals surface area contributed by atoms with Crippen LogP contribution < -0.4 is 0 Å². The molecule has 0 spiro atoms. The monoisotopic (exact) mass is 1010 g/mol. The van der Waals surface area contributed by atoms with Gasteiger partial charge in [-0.15, -0.1) is 0 Å². The van der Waals surface area contributed by atoms with Crippen molar-refractivity contribution in [3.8, 4) is 46.0 Å². The normalized spacial score (nSPS) is 12.2. The van der Waals surface area contributed by atoms with Crippen LogP contribution in [0, 0.1) is 22.7 Å². The highest BCUT2D eigenvalue weighted by Crippen LogP contribution is 2.51. The van der Waals surface area contributed by atoms with Crippen molar-refractivity contribution in [1.82, 2.24) is 18.3 Å². The fraction of sp³-hybridized carbons (Fsp3) is 0.0556. The molecule has 0 N–H and O–H groups in total. The van der Waals surface area contributed by atoms with Gasteiger partial charge in [0.15, 0.2) is 0 Å². The predicted molar refractivity (Wildman–Crippen MR) is 325 cm³/mol. The first-order valence-electron chi connectivity index (χ1n) is 26.8. The van der Waals surface area contributed by atoms with Gasteiger partial charge in [0.05, 0.1) is 72.3 Å². The van der Waals surface area contributed by atoms with Crippen LogP contribution in [0.1, 0.15) is 37.5 Å². The van der Waals surface area contributed by atoms with Gasteiger partial charge in [-0.3, -0.25) is 0 Å². The number of fused-ring (bicyclic) bond motifs is 16.